The molecular formula is C25H29ClN4O4S. The summed E-state index contributed by atoms with van der Waals surface area (Å²) in [5, 5.41) is 9.69. The number of benzene rings is 2. The van der Waals surface area contributed by atoms with Crippen LogP contribution in [0, 0.1) is 18.3 Å². The van der Waals surface area contributed by atoms with Crippen LogP contribution in [0.5, 0.6) is 5.75 Å². The van der Waals surface area contributed by atoms with Crippen LogP contribution in [0.3, 0.4) is 0 Å². The van der Waals surface area contributed by atoms with Gasteiger partial charge < -0.3 is 9.64 Å². The molecular weight excluding hydrogens is 488 g/mol. The van der Waals surface area contributed by atoms with Gasteiger partial charge in [0.25, 0.3) is 5.91 Å². The first-order chi connectivity index (χ1) is 16.7. The van der Waals surface area contributed by atoms with E-state index in [1.54, 1.807) is 12.1 Å². The lowest BCUT2D eigenvalue weighted by Gasteiger charge is -2.41. The predicted molar refractivity (Wildman–Crippen MR) is 134 cm³/mol. The minimum Gasteiger partial charge on any atom is -0.490 e. The van der Waals surface area contributed by atoms with Crippen molar-refractivity contribution in [2.75, 3.05) is 26.2 Å². The number of piperidine rings is 2. The summed E-state index contributed by atoms with van der Waals surface area (Å²) in [5.41, 5.74) is 1.47. The van der Waals surface area contributed by atoms with Gasteiger partial charge in [-0.15, -0.1) is 0 Å². The highest BCUT2D eigenvalue weighted by Gasteiger charge is 2.33. The first-order valence-corrected chi connectivity index (χ1v) is 13.6. The maximum Gasteiger partial charge on any atom is 0.304 e. The van der Waals surface area contributed by atoms with Gasteiger partial charge in [-0.1, -0.05) is 17.7 Å². The van der Waals surface area contributed by atoms with Gasteiger partial charge in [0.1, 0.15) is 11.9 Å². The molecule has 0 saturated carbocycles. The number of amides is 1. The van der Waals surface area contributed by atoms with Gasteiger partial charge in [0.2, 0.25) is 0 Å². The van der Waals surface area contributed by atoms with E-state index in [0.29, 0.717) is 42.6 Å². The van der Waals surface area contributed by atoms with Gasteiger partial charge in [-0.3, -0.25) is 4.79 Å². The number of aryl methyl sites for hydroxylation is 1. The van der Waals surface area contributed by atoms with Crippen molar-refractivity contribution in [1.82, 2.24) is 13.9 Å². The van der Waals surface area contributed by atoms with Gasteiger partial charge in [0.15, 0.2) is 0 Å². The Morgan fingerprint density at radius 2 is 1.80 bits per heavy atom. The van der Waals surface area contributed by atoms with E-state index in [1.807, 2.05) is 31.2 Å². The molecule has 0 spiro atoms. The average molecular weight is 517 g/mol. The molecule has 2 heterocycles. The fourth-order valence-electron chi connectivity index (χ4n) is 4.70. The Labute approximate surface area is 211 Å². The van der Waals surface area contributed by atoms with Gasteiger partial charge in [0.05, 0.1) is 11.6 Å². The zero-order valence-electron chi connectivity index (χ0n) is 19.6. The molecule has 0 atom stereocenters. The molecule has 1 N–H and O–H groups in total. The zero-order chi connectivity index (χ0) is 25.0. The Bertz CT molecular complexity index is 1210. The van der Waals surface area contributed by atoms with E-state index in [0.717, 1.165) is 37.2 Å². The van der Waals surface area contributed by atoms with Crippen molar-refractivity contribution in [3.05, 3.63) is 64.2 Å². The second-order valence-corrected chi connectivity index (χ2v) is 11.1. The number of nitrogens with one attached hydrogen (secondary N) is 1. The highest BCUT2D eigenvalue weighted by atomic mass is 35.5. The molecule has 0 radical (unpaired) electrons. The van der Waals surface area contributed by atoms with E-state index in [4.69, 9.17) is 21.6 Å². The van der Waals surface area contributed by atoms with Crippen LogP contribution in [0.2, 0.25) is 5.02 Å². The minimum atomic E-state index is -3.95. The van der Waals surface area contributed by atoms with Gasteiger partial charge in [-0.2, -0.15) is 18.0 Å². The van der Waals surface area contributed by atoms with Crippen LogP contribution in [0.25, 0.3) is 0 Å². The van der Waals surface area contributed by atoms with Crippen LogP contribution in [0.4, 0.5) is 0 Å². The van der Waals surface area contributed by atoms with Gasteiger partial charge in [0, 0.05) is 42.8 Å². The maximum absolute atomic E-state index is 12.8. The Kier molecular flexibility index (Phi) is 7.97. The molecule has 2 aliphatic rings. The summed E-state index contributed by atoms with van der Waals surface area (Å²) in [6.45, 7) is 4.50. The third kappa shape index (κ3) is 6.33. The number of hydrogen-bond donors (Lipinski definition) is 1. The molecule has 2 aromatic carbocycles. The summed E-state index contributed by atoms with van der Waals surface area (Å²) in [5.74, 6) is 0.134. The number of likely N-dealkylation sites (tertiary alicyclic amines) is 1. The number of halogens is 1. The second kappa shape index (κ2) is 11.0. The van der Waals surface area contributed by atoms with Crippen molar-refractivity contribution in [3.63, 3.8) is 0 Å². The molecule has 2 aromatic rings. The number of hydrogen-bond acceptors (Lipinski definition) is 6. The van der Waals surface area contributed by atoms with E-state index in [1.165, 1.54) is 16.4 Å². The van der Waals surface area contributed by atoms with Gasteiger partial charge >= 0.3 is 10.2 Å². The van der Waals surface area contributed by atoms with Gasteiger partial charge in [-0.05, 0) is 74.6 Å². The standard InChI is InChI=1S/C25H29ClN4O4S/c1-18-15-21(26)5-6-24(18)34-23-9-11-29(12-10-23)22-7-13-30(14-8-22)35(32,33)28-25(31)20-4-2-3-19(16-20)17-27/h2-6,15-16,22-23H,7-14H2,1H3,(H,28,31). The molecule has 0 unspecified atom stereocenters. The van der Waals surface area contributed by atoms with Crippen molar-refractivity contribution in [2.45, 2.75) is 44.8 Å². The highest BCUT2D eigenvalue weighted by Crippen LogP contribution is 2.27. The summed E-state index contributed by atoms with van der Waals surface area (Å²) < 4.78 is 35.2. The zero-order valence-corrected chi connectivity index (χ0v) is 21.2. The maximum atomic E-state index is 12.8. The Balaban J connectivity index is 1.25. The Morgan fingerprint density at radius 1 is 1.09 bits per heavy atom. The molecule has 2 aliphatic heterocycles. The Hall–Kier alpha value is -2.64. The fraction of sp³-hybridized carbons (Fsp3) is 0.440. The van der Waals surface area contributed by atoms with Crippen LogP contribution >= 0.6 is 11.6 Å². The van der Waals surface area contributed by atoms with E-state index in [2.05, 4.69) is 9.62 Å². The van der Waals surface area contributed by atoms with E-state index in [9.17, 15) is 13.2 Å². The number of nitriles is 1. The quantitative estimate of drug-likeness (QED) is 0.630. The van der Waals surface area contributed by atoms with Crippen molar-refractivity contribution < 1.29 is 17.9 Å². The number of ether oxygens (including phenoxy) is 1. The molecule has 4 rings (SSSR count). The molecule has 0 aromatic heterocycles. The van der Waals surface area contributed by atoms with Crippen molar-refractivity contribution in [3.8, 4) is 11.8 Å². The summed E-state index contributed by atoms with van der Waals surface area (Å²) in [4.78, 5) is 14.9. The van der Waals surface area contributed by atoms with E-state index in [-0.39, 0.29) is 11.7 Å². The molecule has 8 nitrogen and oxygen atoms in total. The lowest BCUT2D eigenvalue weighted by atomic mass is 10.00. The SMILES string of the molecule is Cc1cc(Cl)ccc1OC1CCN(C2CCN(S(=O)(=O)NC(=O)c3cccc(C#N)c3)CC2)CC1. The molecule has 2 fully saturated rings. The van der Waals surface area contributed by atoms with E-state index >= 15 is 0 Å². The van der Waals surface area contributed by atoms with Gasteiger partial charge in [-0.25, -0.2) is 4.72 Å². The van der Waals surface area contributed by atoms with Crippen molar-refractivity contribution >= 4 is 27.7 Å². The summed E-state index contributed by atoms with van der Waals surface area (Å²) in [6.07, 6.45) is 3.40. The number of nitrogens with zero attached hydrogens (tertiary/aromatic N) is 3. The fourth-order valence-corrected chi connectivity index (χ4v) is 6.10. The molecule has 186 valence electrons. The Morgan fingerprint density at radius 3 is 2.46 bits per heavy atom. The third-order valence-electron chi connectivity index (χ3n) is 6.66. The molecule has 1 amide bonds. The van der Waals surface area contributed by atoms with Crippen molar-refractivity contribution in [1.29, 1.82) is 5.26 Å². The molecule has 35 heavy (non-hydrogen) atoms. The lowest BCUT2D eigenvalue weighted by Crippen LogP contribution is -2.52. The number of carbonyl (C=O) groups is 1. The minimum absolute atomic E-state index is 0.140. The first-order valence-electron chi connectivity index (χ1n) is 11.7. The molecule has 10 heteroatoms. The topological polar surface area (TPSA) is 103 Å². The third-order valence-corrected chi connectivity index (χ3v) is 8.39. The smallest absolute Gasteiger partial charge is 0.304 e. The summed E-state index contributed by atoms with van der Waals surface area (Å²) >= 11 is 6.03. The van der Waals surface area contributed by atoms with Crippen LogP contribution in [-0.2, 0) is 10.2 Å². The summed E-state index contributed by atoms with van der Waals surface area (Å²) in [6, 6.07) is 13.9. The monoisotopic (exact) mass is 516 g/mol. The van der Waals surface area contributed by atoms with Crippen LogP contribution in [0.15, 0.2) is 42.5 Å². The normalized spacial score (nSPS) is 18.7. The van der Waals surface area contributed by atoms with Crippen LogP contribution < -0.4 is 9.46 Å². The predicted octanol–water partition coefficient (Wildman–Crippen LogP) is 3.50. The number of rotatable bonds is 6. The second-order valence-electron chi connectivity index (χ2n) is 9.02. The lowest BCUT2D eigenvalue weighted by molar-refractivity contribution is 0.0581. The highest BCUT2D eigenvalue weighted by molar-refractivity contribution is 7.87. The van der Waals surface area contributed by atoms with Crippen LogP contribution in [0.1, 0.15) is 47.2 Å². The average Bonchev–Trinajstić information content (AvgIpc) is 2.86. The number of carbonyl (C=O) groups excluding carboxylic acids is 1. The van der Waals surface area contributed by atoms with Crippen LogP contribution in [-0.4, -0.2) is 61.9 Å². The largest absolute Gasteiger partial charge is 0.490 e. The molecule has 0 aliphatic carbocycles. The summed E-state index contributed by atoms with van der Waals surface area (Å²) in [7, 11) is -3.95. The van der Waals surface area contributed by atoms with Crippen molar-refractivity contribution in [2.24, 2.45) is 0 Å². The molecule has 2 saturated heterocycles. The first kappa shape index (κ1) is 25.5. The van der Waals surface area contributed by atoms with E-state index < -0.39 is 16.1 Å². The molecule has 0 bridgehead atoms.